The van der Waals surface area contributed by atoms with E-state index in [1.807, 2.05) is 30.3 Å². The summed E-state index contributed by atoms with van der Waals surface area (Å²) in [5.41, 5.74) is 1.34. The molecule has 2 aromatic carbocycles. The van der Waals surface area contributed by atoms with Crippen LogP contribution in [0.1, 0.15) is 22.3 Å². The quantitative estimate of drug-likeness (QED) is 0.655. The zero-order valence-electron chi connectivity index (χ0n) is 15.1. The van der Waals surface area contributed by atoms with Crippen LogP contribution in [0, 0.1) is 0 Å². The average Bonchev–Trinajstić information content (AvgIpc) is 2.71. The second-order valence-corrected chi connectivity index (χ2v) is 5.63. The van der Waals surface area contributed by atoms with Crippen molar-refractivity contribution in [2.45, 2.75) is 13.0 Å². The van der Waals surface area contributed by atoms with E-state index in [0.717, 1.165) is 5.56 Å². The minimum Gasteiger partial charge on any atom is -0.496 e. The highest BCUT2D eigenvalue weighted by Gasteiger charge is 2.12. The lowest BCUT2D eigenvalue weighted by molar-refractivity contribution is -0.148. The van der Waals surface area contributed by atoms with Crippen molar-refractivity contribution in [2.75, 3.05) is 20.3 Å². The van der Waals surface area contributed by atoms with E-state index in [4.69, 9.17) is 9.47 Å². The van der Waals surface area contributed by atoms with Gasteiger partial charge in [-0.25, -0.2) is 0 Å². The van der Waals surface area contributed by atoms with Gasteiger partial charge in [-0.05, 0) is 17.7 Å². The predicted molar refractivity (Wildman–Crippen MR) is 99.2 cm³/mol. The van der Waals surface area contributed by atoms with E-state index < -0.39 is 5.97 Å². The number of carbonyl (C=O) groups is 3. The molecule has 0 unspecified atom stereocenters. The van der Waals surface area contributed by atoms with Gasteiger partial charge in [0.15, 0.2) is 6.61 Å². The molecule has 2 amide bonds. The number of carbonyl (C=O) groups excluding carboxylic acids is 3. The van der Waals surface area contributed by atoms with Gasteiger partial charge in [-0.15, -0.1) is 0 Å². The Morgan fingerprint density at radius 2 is 1.63 bits per heavy atom. The SMILES string of the molecule is COc1ccccc1C(=O)NCCC(=O)OCC(=O)NCc1ccccc1. The molecular weight excluding hydrogens is 348 g/mol. The molecule has 0 bridgehead atoms. The van der Waals surface area contributed by atoms with Gasteiger partial charge in [-0.2, -0.15) is 0 Å². The Morgan fingerprint density at radius 3 is 2.37 bits per heavy atom. The molecule has 2 N–H and O–H groups in total. The lowest BCUT2D eigenvalue weighted by atomic mass is 10.2. The van der Waals surface area contributed by atoms with Crippen molar-refractivity contribution in [3.63, 3.8) is 0 Å². The number of hydrogen-bond donors (Lipinski definition) is 2. The standard InChI is InChI=1S/C20H22N2O5/c1-26-17-10-6-5-9-16(17)20(25)21-12-11-19(24)27-14-18(23)22-13-15-7-3-2-4-8-15/h2-10H,11-14H2,1H3,(H,21,25)(H,22,23). The highest BCUT2D eigenvalue weighted by molar-refractivity contribution is 5.97. The van der Waals surface area contributed by atoms with E-state index in [0.29, 0.717) is 17.9 Å². The van der Waals surface area contributed by atoms with Crippen LogP contribution in [0.5, 0.6) is 5.75 Å². The molecule has 0 aliphatic heterocycles. The third kappa shape index (κ3) is 6.81. The second kappa shape index (κ2) is 10.6. The highest BCUT2D eigenvalue weighted by atomic mass is 16.5. The fourth-order valence-electron chi connectivity index (χ4n) is 2.27. The van der Waals surface area contributed by atoms with Crippen molar-refractivity contribution in [3.8, 4) is 5.75 Å². The molecule has 142 valence electrons. The van der Waals surface area contributed by atoms with Crippen molar-refractivity contribution in [2.24, 2.45) is 0 Å². The van der Waals surface area contributed by atoms with E-state index in [2.05, 4.69) is 10.6 Å². The van der Waals surface area contributed by atoms with Crippen LogP contribution >= 0.6 is 0 Å². The fraction of sp³-hybridized carbons (Fsp3) is 0.250. The smallest absolute Gasteiger partial charge is 0.308 e. The van der Waals surface area contributed by atoms with Crippen molar-refractivity contribution in [1.82, 2.24) is 10.6 Å². The van der Waals surface area contributed by atoms with Gasteiger partial charge in [0, 0.05) is 13.1 Å². The van der Waals surface area contributed by atoms with Gasteiger partial charge in [0.1, 0.15) is 5.75 Å². The number of methoxy groups -OCH3 is 1. The second-order valence-electron chi connectivity index (χ2n) is 5.63. The molecular formula is C20H22N2O5. The summed E-state index contributed by atoms with van der Waals surface area (Å²) in [6, 6.07) is 16.2. The molecule has 0 saturated carbocycles. The summed E-state index contributed by atoms with van der Waals surface area (Å²) in [4.78, 5) is 35.5. The first kappa shape index (κ1) is 20.0. The van der Waals surface area contributed by atoms with E-state index in [-0.39, 0.29) is 31.4 Å². The van der Waals surface area contributed by atoms with Gasteiger partial charge in [0.05, 0.1) is 19.1 Å². The first-order valence-corrected chi connectivity index (χ1v) is 8.47. The Balaban J connectivity index is 1.64. The molecule has 0 fully saturated rings. The zero-order valence-corrected chi connectivity index (χ0v) is 15.1. The molecule has 0 aliphatic rings. The van der Waals surface area contributed by atoms with Gasteiger partial charge in [-0.1, -0.05) is 42.5 Å². The predicted octanol–water partition coefficient (Wildman–Crippen LogP) is 1.67. The number of para-hydroxylation sites is 1. The molecule has 7 heteroatoms. The number of esters is 1. The Hall–Kier alpha value is -3.35. The lowest BCUT2D eigenvalue weighted by Crippen LogP contribution is -2.30. The minimum absolute atomic E-state index is 0.0349. The maximum atomic E-state index is 12.1. The summed E-state index contributed by atoms with van der Waals surface area (Å²) in [6.07, 6.45) is -0.0349. The highest BCUT2D eigenvalue weighted by Crippen LogP contribution is 2.16. The number of rotatable bonds is 9. The van der Waals surface area contributed by atoms with Crippen molar-refractivity contribution in [3.05, 3.63) is 65.7 Å². The van der Waals surface area contributed by atoms with E-state index in [9.17, 15) is 14.4 Å². The fourth-order valence-corrected chi connectivity index (χ4v) is 2.27. The van der Waals surface area contributed by atoms with Crippen LogP contribution in [-0.4, -0.2) is 38.0 Å². The van der Waals surface area contributed by atoms with Gasteiger partial charge in [0.25, 0.3) is 11.8 Å². The van der Waals surface area contributed by atoms with Crippen molar-refractivity contribution >= 4 is 17.8 Å². The Kier molecular flexibility index (Phi) is 7.84. The first-order valence-electron chi connectivity index (χ1n) is 8.47. The van der Waals surface area contributed by atoms with Crippen LogP contribution in [0.25, 0.3) is 0 Å². The summed E-state index contributed by atoms with van der Waals surface area (Å²) in [7, 11) is 1.48. The van der Waals surface area contributed by atoms with E-state index in [1.54, 1.807) is 24.3 Å². The molecule has 27 heavy (non-hydrogen) atoms. The molecule has 0 spiro atoms. The zero-order chi connectivity index (χ0) is 19.5. The third-order valence-corrected chi connectivity index (χ3v) is 3.66. The summed E-state index contributed by atoms with van der Waals surface area (Å²) in [6.45, 7) is 0.111. The largest absolute Gasteiger partial charge is 0.496 e. The number of hydrogen-bond acceptors (Lipinski definition) is 5. The molecule has 0 atom stereocenters. The maximum Gasteiger partial charge on any atom is 0.308 e. The Morgan fingerprint density at radius 1 is 0.926 bits per heavy atom. The number of nitrogens with one attached hydrogen (secondary N) is 2. The van der Waals surface area contributed by atoms with Crippen LogP contribution in [0.3, 0.4) is 0 Å². The monoisotopic (exact) mass is 370 g/mol. The van der Waals surface area contributed by atoms with Crippen LogP contribution in [0.4, 0.5) is 0 Å². The molecule has 2 aromatic rings. The molecule has 0 radical (unpaired) electrons. The van der Waals surface area contributed by atoms with Crippen LogP contribution in [-0.2, 0) is 20.9 Å². The number of benzene rings is 2. The number of amides is 2. The molecule has 7 nitrogen and oxygen atoms in total. The summed E-state index contributed by atoms with van der Waals surface area (Å²) in [5, 5.41) is 5.28. The van der Waals surface area contributed by atoms with Crippen LogP contribution in [0.15, 0.2) is 54.6 Å². The number of ether oxygens (including phenoxy) is 2. The molecule has 0 aliphatic carbocycles. The van der Waals surface area contributed by atoms with E-state index >= 15 is 0 Å². The van der Waals surface area contributed by atoms with Crippen LogP contribution in [0.2, 0.25) is 0 Å². The van der Waals surface area contributed by atoms with E-state index in [1.165, 1.54) is 7.11 Å². The first-order chi connectivity index (χ1) is 13.1. The van der Waals surface area contributed by atoms with Gasteiger partial charge >= 0.3 is 5.97 Å². The summed E-state index contributed by atoms with van der Waals surface area (Å²) < 4.78 is 10.0. The molecule has 0 aromatic heterocycles. The average molecular weight is 370 g/mol. The molecule has 0 saturated heterocycles. The Bertz CT molecular complexity index is 777. The Labute approximate surface area is 157 Å². The molecule has 2 rings (SSSR count). The lowest BCUT2D eigenvalue weighted by Gasteiger charge is -2.09. The summed E-state index contributed by atoms with van der Waals surface area (Å²) >= 11 is 0. The van der Waals surface area contributed by atoms with Gasteiger partial charge in [-0.3, -0.25) is 14.4 Å². The third-order valence-electron chi connectivity index (χ3n) is 3.66. The van der Waals surface area contributed by atoms with Crippen LogP contribution < -0.4 is 15.4 Å². The van der Waals surface area contributed by atoms with Crippen molar-refractivity contribution < 1.29 is 23.9 Å². The normalized spacial score (nSPS) is 9.96. The molecule has 0 heterocycles. The van der Waals surface area contributed by atoms with Gasteiger partial charge in [0.2, 0.25) is 0 Å². The van der Waals surface area contributed by atoms with Crippen molar-refractivity contribution in [1.29, 1.82) is 0 Å². The summed E-state index contributed by atoms with van der Waals surface area (Å²) in [5.74, 6) is -0.844. The topological polar surface area (TPSA) is 93.7 Å². The maximum absolute atomic E-state index is 12.1. The minimum atomic E-state index is -0.565. The van der Waals surface area contributed by atoms with Gasteiger partial charge < -0.3 is 20.1 Å².